The Labute approximate surface area is 183 Å². The monoisotopic (exact) mass is 415 g/mol. The SMILES string of the molecule is CC(C)CN1CCCCC1c1ccc(N(C(=O)OC(C)(C)C)C2CCCCC2)nc1. The van der Waals surface area contributed by atoms with Gasteiger partial charge in [0.2, 0.25) is 0 Å². The lowest BCUT2D eigenvalue weighted by Crippen LogP contribution is -2.45. The van der Waals surface area contributed by atoms with Crippen LogP contribution in [0.15, 0.2) is 18.3 Å². The van der Waals surface area contributed by atoms with Crippen LogP contribution in [0.3, 0.4) is 0 Å². The van der Waals surface area contributed by atoms with Crippen LogP contribution in [0.4, 0.5) is 10.6 Å². The summed E-state index contributed by atoms with van der Waals surface area (Å²) in [5.74, 6) is 1.39. The Morgan fingerprint density at radius 1 is 1.13 bits per heavy atom. The molecule has 168 valence electrons. The van der Waals surface area contributed by atoms with Gasteiger partial charge in [0.25, 0.3) is 0 Å². The first-order chi connectivity index (χ1) is 14.2. The van der Waals surface area contributed by atoms with Gasteiger partial charge < -0.3 is 4.74 Å². The van der Waals surface area contributed by atoms with Crippen LogP contribution in [0.1, 0.15) is 97.6 Å². The van der Waals surface area contributed by atoms with Crippen molar-refractivity contribution in [1.29, 1.82) is 0 Å². The Balaban J connectivity index is 1.81. The van der Waals surface area contributed by atoms with Crippen LogP contribution in [0.25, 0.3) is 0 Å². The van der Waals surface area contributed by atoms with Crippen molar-refractivity contribution in [3.8, 4) is 0 Å². The first-order valence-electron chi connectivity index (χ1n) is 12.0. The fourth-order valence-corrected chi connectivity index (χ4v) is 4.87. The lowest BCUT2D eigenvalue weighted by molar-refractivity contribution is 0.0556. The molecule has 5 nitrogen and oxygen atoms in total. The van der Waals surface area contributed by atoms with Crippen molar-refractivity contribution in [3.63, 3.8) is 0 Å². The molecule has 0 spiro atoms. The van der Waals surface area contributed by atoms with Crippen molar-refractivity contribution in [2.24, 2.45) is 5.92 Å². The molecule has 1 aromatic heterocycles. The average molecular weight is 416 g/mol. The second-order valence-corrected chi connectivity index (χ2v) is 10.5. The van der Waals surface area contributed by atoms with Gasteiger partial charge >= 0.3 is 6.09 Å². The molecule has 5 heteroatoms. The number of hydrogen-bond acceptors (Lipinski definition) is 4. The van der Waals surface area contributed by atoms with Crippen LogP contribution in [-0.4, -0.2) is 40.7 Å². The summed E-state index contributed by atoms with van der Waals surface area (Å²) in [5, 5.41) is 0. The van der Waals surface area contributed by atoms with E-state index in [1.807, 2.05) is 37.9 Å². The summed E-state index contributed by atoms with van der Waals surface area (Å²) in [5.41, 5.74) is 0.760. The molecule has 2 fully saturated rings. The number of carbonyl (C=O) groups excluding carboxylic acids is 1. The number of nitrogens with zero attached hydrogens (tertiary/aromatic N) is 3. The average Bonchev–Trinajstić information content (AvgIpc) is 2.68. The molecule has 0 N–H and O–H groups in total. The van der Waals surface area contributed by atoms with Crippen molar-refractivity contribution in [2.75, 3.05) is 18.0 Å². The molecular weight excluding hydrogens is 374 g/mol. The third-order valence-corrected chi connectivity index (χ3v) is 6.15. The van der Waals surface area contributed by atoms with Crippen molar-refractivity contribution in [2.45, 2.75) is 104 Å². The molecule has 30 heavy (non-hydrogen) atoms. The van der Waals surface area contributed by atoms with Crippen LogP contribution in [0.5, 0.6) is 0 Å². The van der Waals surface area contributed by atoms with Gasteiger partial charge in [0.15, 0.2) is 0 Å². The topological polar surface area (TPSA) is 45.7 Å². The van der Waals surface area contributed by atoms with Gasteiger partial charge in [-0.1, -0.05) is 45.6 Å². The van der Waals surface area contributed by atoms with Gasteiger partial charge in [0.05, 0.1) is 0 Å². The summed E-state index contributed by atoms with van der Waals surface area (Å²) in [6, 6.07) is 4.84. The van der Waals surface area contributed by atoms with E-state index in [9.17, 15) is 4.79 Å². The Kier molecular flexibility index (Phi) is 7.78. The second-order valence-electron chi connectivity index (χ2n) is 10.5. The van der Waals surface area contributed by atoms with Crippen LogP contribution in [0.2, 0.25) is 0 Å². The predicted molar refractivity (Wildman–Crippen MR) is 123 cm³/mol. The predicted octanol–water partition coefficient (Wildman–Crippen LogP) is 6.34. The van der Waals surface area contributed by atoms with Gasteiger partial charge in [-0.05, 0) is 70.5 Å². The Hall–Kier alpha value is -1.62. The molecule has 2 aliphatic rings. The van der Waals surface area contributed by atoms with E-state index in [0.29, 0.717) is 12.0 Å². The van der Waals surface area contributed by atoms with E-state index >= 15 is 0 Å². The number of amides is 1. The number of likely N-dealkylation sites (tertiary alicyclic amines) is 1. The third-order valence-electron chi connectivity index (χ3n) is 6.15. The molecule has 1 aliphatic heterocycles. The van der Waals surface area contributed by atoms with Crippen molar-refractivity contribution in [1.82, 2.24) is 9.88 Å². The van der Waals surface area contributed by atoms with Gasteiger partial charge in [-0.25, -0.2) is 9.78 Å². The molecule has 0 bridgehead atoms. The highest BCUT2D eigenvalue weighted by Gasteiger charge is 2.32. The molecular formula is C25H41N3O2. The largest absolute Gasteiger partial charge is 0.443 e. The normalized spacial score (nSPS) is 21.6. The van der Waals surface area contributed by atoms with Crippen molar-refractivity contribution < 1.29 is 9.53 Å². The van der Waals surface area contributed by atoms with Gasteiger partial charge in [0.1, 0.15) is 11.4 Å². The van der Waals surface area contributed by atoms with E-state index in [1.165, 1.54) is 31.2 Å². The molecule has 1 aromatic rings. The standard InChI is InChI=1S/C25H41N3O2/c1-19(2)18-27-16-10-9-13-22(27)20-14-15-23(26-17-20)28(21-11-7-6-8-12-21)24(29)30-25(3,4)5/h14-15,17,19,21-22H,6-13,16,18H2,1-5H3. The Morgan fingerprint density at radius 3 is 2.43 bits per heavy atom. The van der Waals surface area contributed by atoms with Crippen molar-refractivity contribution in [3.05, 3.63) is 23.9 Å². The molecule has 1 saturated carbocycles. The number of pyridine rings is 1. The smallest absolute Gasteiger partial charge is 0.416 e. The molecule has 1 unspecified atom stereocenters. The third kappa shape index (κ3) is 6.19. The maximum Gasteiger partial charge on any atom is 0.416 e. The fraction of sp³-hybridized carbons (Fsp3) is 0.760. The Bertz CT molecular complexity index is 675. The first-order valence-corrected chi connectivity index (χ1v) is 12.0. The van der Waals surface area contributed by atoms with E-state index in [1.54, 1.807) is 0 Å². The highest BCUT2D eigenvalue weighted by atomic mass is 16.6. The number of rotatable bonds is 5. The molecule has 2 heterocycles. The number of aromatic nitrogens is 1. The van der Waals surface area contributed by atoms with Crippen LogP contribution < -0.4 is 4.90 Å². The molecule has 0 aromatic carbocycles. The van der Waals surface area contributed by atoms with Gasteiger partial charge in [-0.2, -0.15) is 0 Å². The lowest BCUT2D eigenvalue weighted by Gasteiger charge is -2.37. The molecule has 1 amide bonds. The number of carbonyl (C=O) groups is 1. The maximum absolute atomic E-state index is 13.1. The van der Waals surface area contributed by atoms with Gasteiger partial charge in [-0.15, -0.1) is 0 Å². The fourth-order valence-electron chi connectivity index (χ4n) is 4.87. The number of anilines is 1. The highest BCUT2D eigenvalue weighted by Crippen LogP contribution is 2.33. The van der Waals surface area contributed by atoms with E-state index < -0.39 is 5.60 Å². The summed E-state index contributed by atoms with van der Waals surface area (Å²) < 4.78 is 5.75. The summed E-state index contributed by atoms with van der Waals surface area (Å²) in [6.07, 6.45) is 11.1. The summed E-state index contributed by atoms with van der Waals surface area (Å²) in [6.45, 7) is 12.6. The Morgan fingerprint density at radius 2 is 1.83 bits per heavy atom. The lowest BCUT2D eigenvalue weighted by atomic mass is 9.94. The van der Waals surface area contributed by atoms with Gasteiger partial charge in [0, 0.05) is 24.8 Å². The summed E-state index contributed by atoms with van der Waals surface area (Å²) in [4.78, 5) is 22.3. The second kappa shape index (κ2) is 10.1. The zero-order valence-electron chi connectivity index (χ0n) is 19.7. The quantitative estimate of drug-likeness (QED) is 0.563. The first kappa shape index (κ1) is 23.1. The highest BCUT2D eigenvalue weighted by molar-refractivity contribution is 5.87. The number of ether oxygens (including phenoxy) is 1. The van der Waals surface area contributed by atoms with E-state index in [-0.39, 0.29) is 12.1 Å². The zero-order chi connectivity index (χ0) is 21.7. The minimum atomic E-state index is -0.511. The van der Waals surface area contributed by atoms with E-state index in [2.05, 4.69) is 24.8 Å². The van der Waals surface area contributed by atoms with Crippen LogP contribution >= 0.6 is 0 Å². The minimum absolute atomic E-state index is 0.180. The molecule has 1 atom stereocenters. The van der Waals surface area contributed by atoms with E-state index in [4.69, 9.17) is 9.72 Å². The summed E-state index contributed by atoms with van der Waals surface area (Å²) in [7, 11) is 0. The van der Waals surface area contributed by atoms with Crippen molar-refractivity contribution >= 4 is 11.9 Å². The van der Waals surface area contributed by atoms with Crippen LogP contribution in [-0.2, 0) is 4.74 Å². The maximum atomic E-state index is 13.1. The number of piperidine rings is 1. The molecule has 0 radical (unpaired) electrons. The van der Waals surface area contributed by atoms with Gasteiger partial charge in [-0.3, -0.25) is 9.80 Å². The number of hydrogen-bond donors (Lipinski definition) is 0. The molecule has 3 rings (SSSR count). The summed E-state index contributed by atoms with van der Waals surface area (Å²) >= 11 is 0. The molecule has 1 aliphatic carbocycles. The minimum Gasteiger partial charge on any atom is -0.443 e. The van der Waals surface area contributed by atoms with E-state index in [0.717, 1.165) is 44.6 Å². The zero-order valence-corrected chi connectivity index (χ0v) is 19.7. The van der Waals surface area contributed by atoms with Crippen LogP contribution in [0, 0.1) is 5.92 Å². The molecule has 1 saturated heterocycles.